The van der Waals surface area contributed by atoms with E-state index in [-0.39, 0.29) is 31.2 Å². The van der Waals surface area contributed by atoms with Crippen LogP contribution in [-0.4, -0.2) is 35.6 Å². The second-order valence-corrected chi connectivity index (χ2v) is 8.19. The van der Waals surface area contributed by atoms with Crippen LogP contribution < -0.4 is 10.5 Å². The predicted octanol–water partition coefficient (Wildman–Crippen LogP) is 5.68. The lowest BCUT2D eigenvalue weighted by molar-refractivity contribution is 0.115. The standard InChI is InChI=1S/C25H35F2NO3.ClH/c1-2-3-4-5-6-14-31-22-11-10-19(12-13-25(28,17-29)18-30)23(16-22)20-8-7-9-21(15-20)24(26)27;/h7-11,15-16,24,29-30H,2-6,12-14,17-18,28H2,1H3;1H. The number of nitrogens with two attached hydrogens (primary N) is 1. The van der Waals surface area contributed by atoms with Gasteiger partial charge in [0.1, 0.15) is 5.75 Å². The number of hydrogen-bond acceptors (Lipinski definition) is 4. The van der Waals surface area contributed by atoms with Gasteiger partial charge in [-0.2, -0.15) is 0 Å². The zero-order valence-corrected chi connectivity index (χ0v) is 19.6. The SMILES string of the molecule is CCCCCCCOc1ccc(CCC(N)(CO)CO)c(-c2cccc(C(F)F)c2)c1.Cl. The zero-order chi connectivity index (χ0) is 22.7. The Labute approximate surface area is 196 Å². The van der Waals surface area contributed by atoms with Crippen LogP contribution in [0.2, 0.25) is 0 Å². The molecule has 0 aliphatic heterocycles. The summed E-state index contributed by atoms with van der Waals surface area (Å²) >= 11 is 0. The minimum Gasteiger partial charge on any atom is -0.494 e. The van der Waals surface area contributed by atoms with Crippen LogP contribution >= 0.6 is 12.4 Å². The molecule has 2 aromatic rings. The van der Waals surface area contributed by atoms with Crippen molar-refractivity contribution < 1.29 is 23.7 Å². The van der Waals surface area contributed by atoms with E-state index >= 15 is 0 Å². The van der Waals surface area contributed by atoms with Crippen molar-refractivity contribution in [2.75, 3.05) is 19.8 Å². The van der Waals surface area contributed by atoms with Crippen molar-refractivity contribution in [2.45, 2.75) is 63.8 Å². The first kappa shape index (κ1) is 28.3. The van der Waals surface area contributed by atoms with Gasteiger partial charge in [0.05, 0.1) is 25.4 Å². The molecule has 0 bridgehead atoms. The summed E-state index contributed by atoms with van der Waals surface area (Å²) in [6.07, 6.45) is 4.01. The van der Waals surface area contributed by atoms with Gasteiger partial charge in [0.25, 0.3) is 6.43 Å². The number of ether oxygens (including phenoxy) is 1. The Morgan fingerprint density at radius 2 is 1.72 bits per heavy atom. The average Bonchev–Trinajstić information content (AvgIpc) is 2.80. The normalized spacial score (nSPS) is 11.5. The van der Waals surface area contributed by atoms with Crippen molar-refractivity contribution in [1.29, 1.82) is 0 Å². The number of aliphatic hydroxyl groups excluding tert-OH is 2. The van der Waals surface area contributed by atoms with Crippen LogP contribution in [0.5, 0.6) is 5.75 Å². The summed E-state index contributed by atoms with van der Waals surface area (Å²) in [5.74, 6) is 0.694. The highest BCUT2D eigenvalue weighted by Crippen LogP contribution is 2.32. The van der Waals surface area contributed by atoms with E-state index in [1.54, 1.807) is 12.1 Å². The number of rotatable bonds is 14. The van der Waals surface area contributed by atoms with Crippen molar-refractivity contribution in [2.24, 2.45) is 5.73 Å². The third kappa shape index (κ3) is 8.66. The van der Waals surface area contributed by atoms with E-state index in [1.807, 2.05) is 18.2 Å². The highest BCUT2D eigenvalue weighted by atomic mass is 35.5. The van der Waals surface area contributed by atoms with Gasteiger partial charge in [-0.05, 0) is 54.2 Å². The first-order chi connectivity index (χ1) is 14.9. The van der Waals surface area contributed by atoms with E-state index in [9.17, 15) is 19.0 Å². The highest BCUT2D eigenvalue weighted by molar-refractivity contribution is 5.85. The van der Waals surface area contributed by atoms with E-state index < -0.39 is 12.0 Å². The van der Waals surface area contributed by atoms with Gasteiger partial charge in [-0.15, -0.1) is 12.4 Å². The quantitative estimate of drug-likeness (QED) is 0.310. The van der Waals surface area contributed by atoms with Crippen LogP contribution in [0, 0.1) is 0 Å². The number of benzene rings is 2. The first-order valence-corrected chi connectivity index (χ1v) is 11.1. The lowest BCUT2D eigenvalue weighted by atomic mass is 9.90. The number of aryl methyl sites for hydroxylation is 1. The third-order valence-electron chi connectivity index (χ3n) is 5.57. The molecule has 2 rings (SSSR count). The van der Waals surface area contributed by atoms with Crippen molar-refractivity contribution >= 4 is 12.4 Å². The topological polar surface area (TPSA) is 75.7 Å². The summed E-state index contributed by atoms with van der Waals surface area (Å²) in [5.41, 5.74) is 7.27. The Kier molecular flexibility index (Phi) is 12.8. The van der Waals surface area contributed by atoms with Crippen molar-refractivity contribution in [3.63, 3.8) is 0 Å². The molecule has 0 radical (unpaired) electrons. The molecular weight excluding hydrogens is 436 g/mol. The smallest absolute Gasteiger partial charge is 0.263 e. The number of halogens is 3. The maximum atomic E-state index is 13.2. The Hall–Kier alpha value is -1.73. The maximum Gasteiger partial charge on any atom is 0.263 e. The summed E-state index contributed by atoms with van der Waals surface area (Å²) in [6.45, 7) is 2.12. The summed E-state index contributed by atoms with van der Waals surface area (Å²) in [6, 6.07) is 12.0. The molecule has 4 nitrogen and oxygen atoms in total. The molecule has 0 spiro atoms. The summed E-state index contributed by atoms with van der Waals surface area (Å²) in [5, 5.41) is 19.0. The molecule has 0 fully saturated rings. The summed E-state index contributed by atoms with van der Waals surface area (Å²) in [7, 11) is 0. The highest BCUT2D eigenvalue weighted by Gasteiger charge is 2.23. The van der Waals surface area contributed by atoms with Crippen molar-refractivity contribution in [1.82, 2.24) is 0 Å². The molecule has 0 saturated carbocycles. The molecule has 4 N–H and O–H groups in total. The largest absolute Gasteiger partial charge is 0.494 e. The Morgan fingerprint density at radius 1 is 1.00 bits per heavy atom. The Balaban J connectivity index is 0.00000512. The fraction of sp³-hybridized carbons (Fsp3) is 0.520. The third-order valence-corrected chi connectivity index (χ3v) is 5.57. The van der Waals surface area contributed by atoms with Gasteiger partial charge in [0.2, 0.25) is 0 Å². The molecule has 0 aliphatic rings. The molecule has 7 heteroatoms. The van der Waals surface area contributed by atoms with Gasteiger partial charge >= 0.3 is 0 Å². The second kappa shape index (κ2) is 14.4. The molecule has 0 unspecified atom stereocenters. The van der Waals surface area contributed by atoms with Gasteiger partial charge in [-0.3, -0.25) is 0 Å². The van der Waals surface area contributed by atoms with Crippen LogP contribution in [0.3, 0.4) is 0 Å². The molecule has 32 heavy (non-hydrogen) atoms. The van der Waals surface area contributed by atoms with Crippen LogP contribution in [0.4, 0.5) is 8.78 Å². The van der Waals surface area contributed by atoms with E-state index in [4.69, 9.17) is 10.5 Å². The van der Waals surface area contributed by atoms with E-state index in [1.165, 1.54) is 31.4 Å². The van der Waals surface area contributed by atoms with Gasteiger partial charge in [-0.1, -0.05) is 56.9 Å². The number of unbranched alkanes of at least 4 members (excludes halogenated alkanes) is 4. The van der Waals surface area contributed by atoms with Crippen LogP contribution in [-0.2, 0) is 6.42 Å². The molecule has 0 aliphatic carbocycles. The number of aliphatic hydroxyl groups is 2. The number of hydrogen-bond donors (Lipinski definition) is 3. The van der Waals surface area contributed by atoms with Gasteiger partial charge < -0.3 is 20.7 Å². The van der Waals surface area contributed by atoms with Crippen LogP contribution in [0.25, 0.3) is 11.1 Å². The molecule has 0 amide bonds. The fourth-order valence-corrected chi connectivity index (χ4v) is 3.46. The van der Waals surface area contributed by atoms with Gasteiger partial charge in [0, 0.05) is 5.56 Å². The van der Waals surface area contributed by atoms with E-state index in [0.717, 1.165) is 24.0 Å². The maximum absolute atomic E-state index is 13.2. The van der Waals surface area contributed by atoms with Crippen LogP contribution in [0.15, 0.2) is 42.5 Å². The minimum absolute atomic E-state index is 0. The minimum atomic E-state index is -2.55. The van der Waals surface area contributed by atoms with E-state index in [0.29, 0.717) is 30.8 Å². The van der Waals surface area contributed by atoms with E-state index in [2.05, 4.69) is 6.92 Å². The Morgan fingerprint density at radius 3 is 2.38 bits per heavy atom. The second-order valence-electron chi connectivity index (χ2n) is 8.19. The lowest BCUT2D eigenvalue weighted by Crippen LogP contribution is -2.47. The lowest BCUT2D eigenvalue weighted by Gasteiger charge is -2.25. The molecule has 0 atom stereocenters. The van der Waals surface area contributed by atoms with Crippen molar-refractivity contribution in [3.8, 4) is 16.9 Å². The first-order valence-electron chi connectivity index (χ1n) is 11.1. The molecule has 180 valence electrons. The summed E-state index contributed by atoms with van der Waals surface area (Å²) < 4.78 is 32.4. The fourth-order valence-electron chi connectivity index (χ4n) is 3.46. The monoisotopic (exact) mass is 471 g/mol. The van der Waals surface area contributed by atoms with Crippen molar-refractivity contribution in [3.05, 3.63) is 53.6 Å². The van der Waals surface area contributed by atoms with Gasteiger partial charge in [0.15, 0.2) is 0 Å². The zero-order valence-electron chi connectivity index (χ0n) is 18.7. The predicted molar refractivity (Wildman–Crippen MR) is 128 cm³/mol. The molecular formula is C25H36ClF2NO3. The van der Waals surface area contributed by atoms with Crippen LogP contribution in [0.1, 0.15) is 63.0 Å². The summed E-state index contributed by atoms with van der Waals surface area (Å²) in [4.78, 5) is 0. The molecule has 0 aromatic heterocycles. The average molecular weight is 472 g/mol. The molecule has 2 aromatic carbocycles. The molecule has 0 saturated heterocycles. The number of alkyl halides is 2. The van der Waals surface area contributed by atoms with Gasteiger partial charge in [-0.25, -0.2) is 8.78 Å². The molecule has 0 heterocycles. The Bertz CT molecular complexity index is 801.